The Balaban J connectivity index is 2.02. The Morgan fingerprint density at radius 3 is 2.37 bits per heavy atom. The van der Waals surface area contributed by atoms with Crippen LogP contribution in [0.4, 0.5) is 43.9 Å². The van der Waals surface area contributed by atoms with E-state index in [9.17, 15) is 26.3 Å². The highest BCUT2D eigenvalue weighted by Gasteiger charge is 2.29. The summed E-state index contributed by atoms with van der Waals surface area (Å²) in [6, 6.07) is 5.10. The van der Waals surface area contributed by atoms with Gasteiger partial charge in [-0.05, 0) is 19.1 Å². The second-order valence-electron chi connectivity index (χ2n) is 7.37. The summed E-state index contributed by atoms with van der Waals surface area (Å²) in [6.45, 7) is -1.60. The number of alkyl halides is 6. The van der Waals surface area contributed by atoms with E-state index in [1.807, 2.05) is 6.92 Å². The molecule has 0 fully saturated rings. The van der Waals surface area contributed by atoms with E-state index in [1.54, 1.807) is 36.3 Å². The minimum absolute atomic E-state index is 0.0669. The Kier molecular flexibility index (Phi) is 8.32. The van der Waals surface area contributed by atoms with Gasteiger partial charge in [-0.1, -0.05) is 6.07 Å². The maximum atomic E-state index is 12.6. The number of aromatic nitrogens is 5. The zero-order chi connectivity index (χ0) is 25.6. The van der Waals surface area contributed by atoms with Crippen molar-refractivity contribution < 1.29 is 35.8 Å². The maximum absolute atomic E-state index is 12.6. The molecule has 15 heteroatoms. The monoisotopic (exact) mass is 507 g/mol. The number of ether oxygens (including phenoxy) is 2. The molecular weight excluding hydrogens is 484 g/mol. The summed E-state index contributed by atoms with van der Waals surface area (Å²) in [5.74, 6) is 0.881. The van der Waals surface area contributed by atoms with Crippen molar-refractivity contribution in [3.05, 3.63) is 30.1 Å². The van der Waals surface area contributed by atoms with E-state index in [1.165, 1.54) is 4.68 Å². The molecule has 0 spiro atoms. The first kappa shape index (κ1) is 26.4. The van der Waals surface area contributed by atoms with Crippen LogP contribution in [0.15, 0.2) is 24.4 Å². The van der Waals surface area contributed by atoms with Crippen LogP contribution in [0.1, 0.15) is 12.6 Å². The van der Waals surface area contributed by atoms with Crippen LogP contribution in [0, 0.1) is 0 Å². The molecule has 0 amide bonds. The molecule has 1 N–H and O–H groups in total. The van der Waals surface area contributed by atoms with E-state index in [4.69, 9.17) is 4.74 Å². The van der Waals surface area contributed by atoms with Gasteiger partial charge in [0.15, 0.2) is 5.82 Å². The highest BCUT2D eigenvalue weighted by Crippen LogP contribution is 2.29. The first-order chi connectivity index (χ1) is 16.5. The summed E-state index contributed by atoms with van der Waals surface area (Å²) in [6.07, 6.45) is -7.51. The zero-order valence-corrected chi connectivity index (χ0v) is 18.8. The second kappa shape index (κ2) is 11.0. The number of halogens is 6. The Hall–Kier alpha value is -3.20. The summed E-state index contributed by atoms with van der Waals surface area (Å²) in [5, 5.41) is 7.28. The van der Waals surface area contributed by atoms with Gasteiger partial charge >= 0.3 is 12.4 Å². The van der Waals surface area contributed by atoms with Gasteiger partial charge in [0.25, 0.3) is 0 Å². The largest absolute Gasteiger partial charge is 0.411 e. The fourth-order valence-corrected chi connectivity index (χ4v) is 2.95. The molecule has 0 unspecified atom stereocenters. The number of nitrogens with one attached hydrogen (secondary N) is 1. The van der Waals surface area contributed by atoms with Gasteiger partial charge < -0.3 is 19.7 Å². The smallest absolute Gasteiger partial charge is 0.370 e. The van der Waals surface area contributed by atoms with Gasteiger partial charge in [0.2, 0.25) is 5.95 Å². The van der Waals surface area contributed by atoms with Crippen molar-refractivity contribution in [1.82, 2.24) is 24.7 Å². The molecule has 0 aromatic carbocycles. The van der Waals surface area contributed by atoms with Gasteiger partial charge in [0, 0.05) is 19.8 Å². The van der Waals surface area contributed by atoms with Gasteiger partial charge in [-0.25, -0.2) is 9.97 Å². The third-order valence-corrected chi connectivity index (χ3v) is 4.59. The van der Waals surface area contributed by atoms with Gasteiger partial charge in [-0.2, -0.15) is 36.4 Å². The molecular formula is C20H23F6N7O2. The van der Waals surface area contributed by atoms with Crippen molar-refractivity contribution in [3.8, 4) is 0 Å². The number of hydrogen-bond acceptors (Lipinski definition) is 8. The summed E-state index contributed by atoms with van der Waals surface area (Å²) in [7, 11) is 1.72. The number of anilines is 3. The Bertz CT molecular complexity index is 1110. The molecule has 35 heavy (non-hydrogen) atoms. The fraction of sp³-hybridized carbons (Fsp3) is 0.500. The predicted molar refractivity (Wildman–Crippen MR) is 114 cm³/mol. The average Bonchev–Trinajstić information content (AvgIpc) is 3.13. The molecule has 0 bridgehead atoms. The molecule has 0 aliphatic heterocycles. The topological polar surface area (TPSA) is 90.2 Å². The fourth-order valence-electron chi connectivity index (χ4n) is 2.95. The van der Waals surface area contributed by atoms with Crippen molar-refractivity contribution in [1.29, 1.82) is 0 Å². The lowest BCUT2D eigenvalue weighted by molar-refractivity contribution is -0.177. The maximum Gasteiger partial charge on any atom is 0.411 e. The standard InChI is InChI=1S/C20H23F6N7O2/c1-3-32(2)18-29-15-13(10-35-12-20(24,25)26)31-33(8-9-34-11-19(21,22)23)16(15)17(30-18)28-14-6-4-5-7-27-14/h4-7H,3,8-12H2,1-2H3,(H,27,28,29,30). The first-order valence-corrected chi connectivity index (χ1v) is 10.4. The van der Waals surface area contributed by atoms with E-state index in [0.29, 0.717) is 12.4 Å². The van der Waals surface area contributed by atoms with Crippen LogP contribution in [0.3, 0.4) is 0 Å². The van der Waals surface area contributed by atoms with Crippen molar-refractivity contribution in [2.24, 2.45) is 0 Å². The number of hydrogen-bond donors (Lipinski definition) is 1. The molecule has 3 aromatic heterocycles. The van der Waals surface area contributed by atoms with Crippen LogP contribution in [0.5, 0.6) is 0 Å². The molecule has 192 valence electrons. The van der Waals surface area contributed by atoms with Crippen molar-refractivity contribution in [2.45, 2.75) is 32.4 Å². The predicted octanol–water partition coefficient (Wildman–Crippen LogP) is 4.08. The van der Waals surface area contributed by atoms with Crippen LogP contribution < -0.4 is 10.2 Å². The van der Waals surface area contributed by atoms with Crippen LogP contribution in [0.2, 0.25) is 0 Å². The molecule has 3 rings (SSSR count). The molecule has 0 atom stereocenters. The quantitative estimate of drug-likeness (QED) is 0.307. The van der Waals surface area contributed by atoms with Crippen LogP contribution in [-0.2, 0) is 22.6 Å². The van der Waals surface area contributed by atoms with Gasteiger partial charge in [-0.15, -0.1) is 0 Å². The minimum atomic E-state index is -4.54. The Morgan fingerprint density at radius 2 is 1.74 bits per heavy atom. The molecule has 3 heterocycles. The number of pyridine rings is 1. The number of nitrogens with zero attached hydrogens (tertiary/aromatic N) is 6. The van der Waals surface area contributed by atoms with Gasteiger partial charge in [-0.3, -0.25) is 4.68 Å². The van der Waals surface area contributed by atoms with E-state index >= 15 is 0 Å². The lowest BCUT2D eigenvalue weighted by atomic mass is 10.3. The average molecular weight is 507 g/mol. The van der Waals surface area contributed by atoms with Crippen molar-refractivity contribution in [3.63, 3.8) is 0 Å². The molecule has 0 saturated carbocycles. The van der Waals surface area contributed by atoms with Crippen LogP contribution in [0.25, 0.3) is 11.0 Å². The molecule has 3 aromatic rings. The summed E-state index contributed by atoms with van der Waals surface area (Å²) in [4.78, 5) is 14.8. The Labute approximate surface area is 196 Å². The van der Waals surface area contributed by atoms with Crippen molar-refractivity contribution >= 4 is 28.6 Å². The highest BCUT2D eigenvalue weighted by atomic mass is 19.4. The molecule has 0 radical (unpaired) electrons. The molecule has 0 aliphatic carbocycles. The Morgan fingerprint density at radius 1 is 1.03 bits per heavy atom. The summed E-state index contributed by atoms with van der Waals surface area (Å²) >= 11 is 0. The third-order valence-electron chi connectivity index (χ3n) is 4.59. The number of rotatable bonds is 11. The minimum Gasteiger partial charge on any atom is -0.370 e. The lowest BCUT2D eigenvalue weighted by Crippen LogP contribution is -2.20. The number of fused-ring (bicyclic) bond motifs is 1. The normalized spacial score (nSPS) is 12.3. The second-order valence-corrected chi connectivity index (χ2v) is 7.37. The van der Waals surface area contributed by atoms with Gasteiger partial charge in [0.1, 0.15) is 35.8 Å². The SMILES string of the molecule is CCN(C)c1nc(Nc2ccccn2)c2c(n1)c(COCC(F)(F)F)nn2CCOCC(F)(F)F. The summed E-state index contributed by atoms with van der Waals surface area (Å²) in [5.41, 5.74) is 0.508. The van der Waals surface area contributed by atoms with E-state index in [-0.39, 0.29) is 41.6 Å². The van der Waals surface area contributed by atoms with E-state index < -0.39 is 32.2 Å². The van der Waals surface area contributed by atoms with Crippen LogP contribution in [-0.4, -0.2) is 70.5 Å². The molecule has 9 nitrogen and oxygen atoms in total. The van der Waals surface area contributed by atoms with Gasteiger partial charge in [0.05, 0.1) is 19.8 Å². The summed E-state index contributed by atoms with van der Waals surface area (Å²) < 4.78 is 85.8. The third kappa shape index (κ3) is 7.65. The molecule has 0 saturated heterocycles. The van der Waals surface area contributed by atoms with E-state index in [2.05, 4.69) is 30.1 Å². The lowest BCUT2D eigenvalue weighted by Gasteiger charge is -2.17. The van der Waals surface area contributed by atoms with Crippen LogP contribution >= 0.6 is 0 Å². The molecule has 0 aliphatic rings. The van der Waals surface area contributed by atoms with E-state index in [0.717, 1.165) is 0 Å². The highest BCUT2D eigenvalue weighted by molar-refractivity contribution is 5.90. The zero-order valence-electron chi connectivity index (χ0n) is 18.8. The van der Waals surface area contributed by atoms with Crippen molar-refractivity contribution in [2.75, 3.05) is 43.6 Å². The first-order valence-electron chi connectivity index (χ1n) is 10.4.